The third-order valence-corrected chi connectivity index (χ3v) is 2.21. The minimum atomic E-state index is -0.579. The van der Waals surface area contributed by atoms with Crippen molar-refractivity contribution in [3.63, 3.8) is 0 Å². The molecule has 12 heavy (non-hydrogen) atoms. The first-order valence-corrected chi connectivity index (χ1v) is 4.12. The van der Waals surface area contributed by atoms with Gasteiger partial charge in [0.2, 0.25) is 0 Å². The van der Waals surface area contributed by atoms with Gasteiger partial charge in [0, 0.05) is 5.92 Å². The zero-order valence-corrected chi connectivity index (χ0v) is 7.19. The molecule has 0 unspecified atom stereocenters. The molecule has 0 saturated carbocycles. The Labute approximate surface area is 72.0 Å². The van der Waals surface area contributed by atoms with E-state index in [0.29, 0.717) is 13.0 Å². The zero-order chi connectivity index (χ0) is 9.14. The normalized spacial score (nSPS) is 35.8. The van der Waals surface area contributed by atoms with Crippen molar-refractivity contribution >= 4 is 5.97 Å². The summed E-state index contributed by atoms with van der Waals surface area (Å²) >= 11 is 0. The fourth-order valence-corrected chi connectivity index (χ4v) is 1.37. The van der Waals surface area contributed by atoms with E-state index in [0.717, 1.165) is 0 Å². The Morgan fingerprint density at radius 2 is 2.50 bits per heavy atom. The first-order valence-electron chi connectivity index (χ1n) is 4.12. The third kappa shape index (κ3) is 1.67. The largest absolute Gasteiger partial charge is 0.465 e. The summed E-state index contributed by atoms with van der Waals surface area (Å²) in [7, 11) is 0. The molecule has 0 aliphatic carbocycles. The van der Waals surface area contributed by atoms with Gasteiger partial charge in [-0.1, -0.05) is 13.0 Å². The smallest absolute Gasteiger partial charge is 0.311 e. The highest BCUT2D eigenvalue weighted by atomic mass is 16.5. The van der Waals surface area contributed by atoms with Crippen molar-refractivity contribution in [1.29, 1.82) is 0 Å². The second-order valence-corrected chi connectivity index (χ2v) is 3.23. The van der Waals surface area contributed by atoms with Gasteiger partial charge in [0.1, 0.15) is 0 Å². The van der Waals surface area contributed by atoms with Gasteiger partial charge in [-0.15, -0.1) is 6.58 Å². The first kappa shape index (κ1) is 9.26. The van der Waals surface area contributed by atoms with Gasteiger partial charge in [0.05, 0.1) is 18.6 Å². The van der Waals surface area contributed by atoms with Crippen molar-refractivity contribution in [2.45, 2.75) is 19.4 Å². The molecule has 1 N–H and O–H groups in total. The number of esters is 1. The highest BCUT2D eigenvalue weighted by Gasteiger charge is 2.35. The maximum atomic E-state index is 11.1. The number of allylic oxidation sites excluding steroid dienone is 1. The van der Waals surface area contributed by atoms with Crippen LogP contribution in [0.1, 0.15) is 13.3 Å². The molecule has 3 heteroatoms. The van der Waals surface area contributed by atoms with Crippen LogP contribution in [0.25, 0.3) is 0 Å². The highest BCUT2D eigenvalue weighted by Crippen LogP contribution is 2.23. The summed E-state index contributed by atoms with van der Waals surface area (Å²) in [5.74, 6) is -0.681. The zero-order valence-electron chi connectivity index (χ0n) is 7.19. The third-order valence-electron chi connectivity index (χ3n) is 2.21. The van der Waals surface area contributed by atoms with E-state index in [2.05, 4.69) is 6.58 Å². The standard InChI is InChI=1S/C9H14O3/c1-3-4-7-8(10)6(2)5-12-9(7)11/h3,6-8,10H,1,4-5H2,2H3/t6-,7+,8+/m0/s1. The fourth-order valence-electron chi connectivity index (χ4n) is 1.37. The number of hydrogen-bond donors (Lipinski definition) is 1. The van der Waals surface area contributed by atoms with Gasteiger partial charge < -0.3 is 9.84 Å². The lowest BCUT2D eigenvalue weighted by molar-refractivity contribution is -0.166. The van der Waals surface area contributed by atoms with Gasteiger partial charge in [-0.2, -0.15) is 0 Å². The average Bonchev–Trinajstić information content (AvgIpc) is 2.06. The Morgan fingerprint density at radius 3 is 3.08 bits per heavy atom. The Morgan fingerprint density at radius 1 is 1.83 bits per heavy atom. The van der Waals surface area contributed by atoms with Crippen LogP contribution in [-0.4, -0.2) is 23.8 Å². The van der Waals surface area contributed by atoms with E-state index >= 15 is 0 Å². The molecule has 1 rings (SSSR count). The number of carbonyl (C=O) groups is 1. The van der Waals surface area contributed by atoms with Crippen LogP contribution in [0.3, 0.4) is 0 Å². The summed E-state index contributed by atoms with van der Waals surface area (Å²) in [6.45, 7) is 5.73. The molecule has 3 nitrogen and oxygen atoms in total. The molecule has 0 radical (unpaired) electrons. The summed E-state index contributed by atoms with van der Waals surface area (Å²) in [5.41, 5.74) is 0. The van der Waals surface area contributed by atoms with Crippen molar-refractivity contribution in [2.75, 3.05) is 6.61 Å². The number of aliphatic hydroxyl groups is 1. The lowest BCUT2D eigenvalue weighted by atomic mass is 9.88. The van der Waals surface area contributed by atoms with Crippen LogP contribution in [-0.2, 0) is 9.53 Å². The molecule has 1 fully saturated rings. The second-order valence-electron chi connectivity index (χ2n) is 3.23. The van der Waals surface area contributed by atoms with E-state index in [4.69, 9.17) is 4.74 Å². The van der Waals surface area contributed by atoms with E-state index < -0.39 is 12.0 Å². The van der Waals surface area contributed by atoms with Crippen molar-refractivity contribution in [1.82, 2.24) is 0 Å². The summed E-state index contributed by atoms with van der Waals surface area (Å²) in [6, 6.07) is 0. The van der Waals surface area contributed by atoms with E-state index in [-0.39, 0.29) is 11.9 Å². The Kier molecular flexibility index (Phi) is 2.87. The van der Waals surface area contributed by atoms with Crippen LogP contribution >= 0.6 is 0 Å². The molecular weight excluding hydrogens is 156 g/mol. The van der Waals surface area contributed by atoms with E-state index in [1.807, 2.05) is 6.92 Å². The number of rotatable bonds is 2. The van der Waals surface area contributed by atoms with Crippen LogP contribution in [0.4, 0.5) is 0 Å². The molecule has 1 saturated heterocycles. The summed E-state index contributed by atoms with van der Waals surface area (Å²) in [5, 5.41) is 9.59. The van der Waals surface area contributed by atoms with Crippen molar-refractivity contribution < 1.29 is 14.6 Å². The quantitative estimate of drug-likeness (QED) is 0.491. The van der Waals surface area contributed by atoms with Gasteiger partial charge in [-0.3, -0.25) is 4.79 Å². The molecule has 1 aliphatic rings. The van der Waals surface area contributed by atoms with Gasteiger partial charge in [0.25, 0.3) is 0 Å². The predicted octanol–water partition coefficient (Wildman–Crippen LogP) is 0.732. The van der Waals surface area contributed by atoms with Gasteiger partial charge >= 0.3 is 5.97 Å². The summed E-state index contributed by atoms with van der Waals surface area (Å²) in [4.78, 5) is 11.1. The van der Waals surface area contributed by atoms with E-state index in [1.165, 1.54) is 0 Å². The highest BCUT2D eigenvalue weighted by molar-refractivity contribution is 5.74. The van der Waals surface area contributed by atoms with Crippen LogP contribution in [0.15, 0.2) is 12.7 Å². The Balaban J connectivity index is 2.64. The van der Waals surface area contributed by atoms with Crippen molar-refractivity contribution in [3.8, 4) is 0 Å². The molecule has 1 heterocycles. The number of hydrogen-bond acceptors (Lipinski definition) is 3. The van der Waals surface area contributed by atoms with Gasteiger partial charge in [0.15, 0.2) is 0 Å². The minimum absolute atomic E-state index is 0.0349. The minimum Gasteiger partial charge on any atom is -0.465 e. The van der Waals surface area contributed by atoms with Crippen LogP contribution in [0.5, 0.6) is 0 Å². The molecule has 0 bridgehead atoms. The van der Waals surface area contributed by atoms with E-state index in [9.17, 15) is 9.90 Å². The topological polar surface area (TPSA) is 46.5 Å². The van der Waals surface area contributed by atoms with Crippen LogP contribution < -0.4 is 0 Å². The number of carbonyl (C=O) groups excluding carboxylic acids is 1. The van der Waals surface area contributed by atoms with Gasteiger partial charge in [-0.05, 0) is 6.42 Å². The Hall–Kier alpha value is -0.830. The number of ether oxygens (including phenoxy) is 1. The molecule has 1 aliphatic heterocycles. The summed E-state index contributed by atoms with van der Waals surface area (Å²) in [6.07, 6.45) is 1.54. The van der Waals surface area contributed by atoms with Crippen molar-refractivity contribution in [3.05, 3.63) is 12.7 Å². The molecule has 3 atom stereocenters. The van der Waals surface area contributed by atoms with Crippen molar-refractivity contribution in [2.24, 2.45) is 11.8 Å². The monoisotopic (exact) mass is 170 g/mol. The first-order chi connectivity index (χ1) is 5.66. The van der Waals surface area contributed by atoms with Crippen LogP contribution in [0, 0.1) is 11.8 Å². The molecule has 0 aromatic rings. The van der Waals surface area contributed by atoms with E-state index in [1.54, 1.807) is 6.08 Å². The fraction of sp³-hybridized carbons (Fsp3) is 0.667. The average molecular weight is 170 g/mol. The Bertz CT molecular complexity index is 188. The number of aliphatic hydroxyl groups excluding tert-OH is 1. The molecular formula is C9H14O3. The lowest BCUT2D eigenvalue weighted by Gasteiger charge is -2.30. The van der Waals surface area contributed by atoms with Gasteiger partial charge in [-0.25, -0.2) is 0 Å². The van der Waals surface area contributed by atoms with Crippen LogP contribution in [0.2, 0.25) is 0 Å². The molecule has 0 aromatic heterocycles. The lowest BCUT2D eigenvalue weighted by Crippen LogP contribution is -2.41. The maximum absolute atomic E-state index is 11.1. The molecule has 0 spiro atoms. The second kappa shape index (κ2) is 3.72. The number of cyclic esters (lactones) is 1. The summed E-state index contributed by atoms with van der Waals surface area (Å²) < 4.78 is 4.88. The molecule has 68 valence electrons. The predicted molar refractivity (Wildman–Crippen MR) is 44.4 cm³/mol. The molecule has 0 aromatic carbocycles. The SMILES string of the molecule is C=CC[C@H]1C(=O)OC[C@H](C)[C@H]1O. The molecule has 0 amide bonds. The maximum Gasteiger partial charge on any atom is 0.311 e.